The fourth-order valence-corrected chi connectivity index (χ4v) is 9.44. The van der Waals surface area contributed by atoms with E-state index < -0.39 is 11.2 Å². The van der Waals surface area contributed by atoms with Crippen molar-refractivity contribution in [2.45, 2.75) is 137 Å². The number of rotatable bonds is 5. The van der Waals surface area contributed by atoms with Crippen LogP contribution in [0.2, 0.25) is 0 Å². The summed E-state index contributed by atoms with van der Waals surface area (Å²) in [4.78, 5) is 0. The van der Waals surface area contributed by atoms with E-state index in [2.05, 4.69) is 41.5 Å². The second kappa shape index (κ2) is 7.84. The zero-order valence-corrected chi connectivity index (χ0v) is 22.5. The Labute approximate surface area is 198 Å². The van der Waals surface area contributed by atoms with Gasteiger partial charge in [0.05, 0.1) is 11.2 Å². The molecule has 0 heterocycles. The molecule has 0 aromatic heterocycles. The third-order valence-corrected chi connectivity index (χ3v) is 11.8. The van der Waals surface area contributed by atoms with Crippen molar-refractivity contribution in [1.29, 1.82) is 0 Å². The summed E-state index contributed by atoms with van der Waals surface area (Å²) >= 11 is 0. The third-order valence-electron chi connectivity index (χ3n) is 11.8. The highest BCUT2D eigenvalue weighted by molar-refractivity contribution is 5.35. The van der Waals surface area contributed by atoms with E-state index >= 15 is 0 Å². The second-order valence-corrected chi connectivity index (χ2v) is 14.4. The van der Waals surface area contributed by atoms with Crippen LogP contribution in [0.4, 0.5) is 0 Å². The molecule has 4 aliphatic carbocycles. The maximum Gasteiger partial charge on any atom is 0.0673 e. The zero-order chi connectivity index (χ0) is 23.7. The van der Waals surface area contributed by atoms with Crippen molar-refractivity contribution in [3.63, 3.8) is 0 Å². The van der Waals surface area contributed by atoms with Crippen molar-refractivity contribution in [3.8, 4) is 0 Å². The Morgan fingerprint density at radius 3 is 2.31 bits per heavy atom. The first kappa shape index (κ1) is 24.8. The maximum atomic E-state index is 11.2. The molecule has 0 saturated heterocycles. The van der Waals surface area contributed by atoms with Crippen LogP contribution in [0.3, 0.4) is 0 Å². The van der Waals surface area contributed by atoms with Crippen molar-refractivity contribution >= 4 is 0 Å². The van der Waals surface area contributed by atoms with Crippen molar-refractivity contribution in [3.05, 3.63) is 11.1 Å². The topological polar surface area (TPSA) is 40.5 Å². The summed E-state index contributed by atoms with van der Waals surface area (Å²) in [5.41, 5.74) is 3.35. The van der Waals surface area contributed by atoms with E-state index in [9.17, 15) is 10.2 Å². The molecule has 2 unspecified atom stereocenters. The van der Waals surface area contributed by atoms with Gasteiger partial charge in [-0.25, -0.2) is 0 Å². The Morgan fingerprint density at radius 2 is 1.66 bits per heavy atom. The molecule has 2 N–H and O–H groups in total. The summed E-state index contributed by atoms with van der Waals surface area (Å²) in [6.45, 7) is 18.4. The Balaban J connectivity index is 1.56. The molecule has 2 heteroatoms. The molecular formula is C30H52O2. The van der Waals surface area contributed by atoms with Crippen LogP contribution < -0.4 is 0 Å². The van der Waals surface area contributed by atoms with Crippen molar-refractivity contribution in [2.24, 2.45) is 39.9 Å². The van der Waals surface area contributed by atoms with E-state index in [-0.39, 0.29) is 10.8 Å². The van der Waals surface area contributed by atoms with E-state index in [1.165, 1.54) is 44.9 Å². The number of allylic oxidation sites excluding steroid dienone is 2. The first-order valence-electron chi connectivity index (χ1n) is 13.8. The average Bonchev–Trinajstić information content (AvgIpc) is 3.02. The number of fused-ring (bicyclic) bond motifs is 4. The minimum absolute atomic E-state index is 0.0213. The molecule has 0 spiro atoms. The van der Waals surface area contributed by atoms with Gasteiger partial charge in [-0.2, -0.15) is 0 Å². The van der Waals surface area contributed by atoms with Crippen molar-refractivity contribution < 1.29 is 10.2 Å². The zero-order valence-electron chi connectivity index (χ0n) is 22.5. The minimum atomic E-state index is -0.546. The van der Waals surface area contributed by atoms with Crippen LogP contribution in [0.15, 0.2) is 11.1 Å². The monoisotopic (exact) mass is 444 g/mol. The van der Waals surface area contributed by atoms with Gasteiger partial charge in [0.1, 0.15) is 0 Å². The van der Waals surface area contributed by atoms with Crippen LogP contribution in [-0.2, 0) is 0 Å². The van der Waals surface area contributed by atoms with Crippen LogP contribution >= 0.6 is 0 Å². The lowest BCUT2D eigenvalue weighted by Gasteiger charge is -2.62. The lowest BCUT2D eigenvalue weighted by atomic mass is 9.43. The molecule has 0 amide bonds. The molecule has 7 atom stereocenters. The quantitative estimate of drug-likeness (QED) is 0.427. The lowest BCUT2D eigenvalue weighted by molar-refractivity contribution is -0.157. The van der Waals surface area contributed by atoms with Crippen molar-refractivity contribution in [2.75, 3.05) is 0 Å². The summed E-state index contributed by atoms with van der Waals surface area (Å²) in [5, 5.41) is 21.4. The van der Waals surface area contributed by atoms with E-state index in [4.69, 9.17) is 0 Å². The standard InChI is InChI=1S/C30H52O2/c1-20(10-9-16-26(2,3)31)22-12-13-23-21-11-14-25-27(4,5)30(8,32)19-18-29(25,7)24(21)15-17-28(22,23)6/h20,22-23,25,31-32H,9-19H2,1-8H3/t20-,22-,23?,25+,28-,29-,30?/m1/s1. The molecule has 2 fully saturated rings. The minimum Gasteiger partial charge on any atom is -0.390 e. The maximum absolute atomic E-state index is 11.2. The summed E-state index contributed by atoms with van der Waals surface area (Å²) in [6.07, 6.45) is 13.4. The number of hydrogen-bond donors (Lipinski definition) is 2. The molecule has 0 aromatic rings. The van der Waals surface area contributed by atoms with Gasteiger partial charge in [-0.15, -0.1) is 0 Å². The highest BCUT2D eigenvalue weighted by atomic mass is 16.3. The third kappa shape index (κ3) is 3.74. The van der Waals surface area contributed by atoms with E-state index in [0.29, 0.717) is 11.3 Å². The molecule has 0 radical (unpaired) electrons. The molecule has 32 heavy (non-hydrogen) atoms. The van der Waals surface area contributed by atoms with Gasteiger partial charge in [0, 0.05) is 0 Å². The second-order valence-electron chi connectivity index (χ2n) is 14.4. The summed E-state index contributed by atoms with van der Waals surface area (Å²) in [7, 11) is 0. The summed E-state index contributed by atoms with van der Waals surface area (Å²) < 4.78 is 0. The van der Waals surface area contributed by atoms with Gasteiger partial charge < -0.3 is 10.2 Å². The normalized spacial score (nSPS) is 44.6. The highest BCUT2D eigenvalue weighted by Gasteiger charge is 2.61. The van der Waals surface area contributed by atoms with Crippen LogP contribution in [0.5, 0.6) is 0 Å². The molecule has 4 rings (SSSR count). The predicted octanol–water partition coefficient (Wildman–Crippen LogP) is 7.67. The summed E-state index contributed by atoms with van der Waals surface area (Å²) in [6, 6.07) is 0. The van der Waals surface area contributed by atoms with Crippen LogP contribution in [0, 0.1) is 39.9 Å². The fourth-order valence-electron chi connectivity index (χ4n) is 9.44. The molecule has 2 nitrogen and oxygen atoms in total. The smallest absolute Gasteiger partial charge is 0.0673 e. The fraction of sp³-hybridized carbons (Fsp3) is 0.933. The van der Waals surface area contributed by atoms with Gasteiger partial charge in [0.2, 0.25) is 0 Å². The first-order chi connectivity index (χ1) is 14.6. The van der Waals surface area contributed by atoms with Crippen LogP contribution in [0.1, 0.15) is 126 Å². The highest BCUT2D eigenvalue weighted by Crippen LogP contribution is 2.69. The Bertz CT molecular complexity index is 753. The van der Waals surface area contributed by atoms with E-state index in [0.717, 1.165) is 43.4 Å². The Morgan fingerprint density at radius 1 is 0.969 bits per heavy atom. The molecule has 0 aliphatic heterocycles. The predicted molar refractivity (Wildman–Crippen MR) is 134 cm³/mol. The first-order valence-corrected chi connectivity index (χ1v) is 13.8. The molecule has 184 valence electrons. The van der Waals surface area contributed by atoms with Gasteiger partial charge in [-0.05, 0) is 118 Å². The van der Waals surface area contributed by atoms with Gasteiger partial charge in [0.25, 0.3) is 0 Å². The molecule has 0 bridgehead atoms. The van der Waals surface area contributed by atoms with Gasteiger partial charge in [-0.3, -0.25) is 0 Å². The largest absolute Gasteiger partial charge is 0.390 e. The van der Waals surface area contributed by atoms with Crippen LogP contribution in [-0.4, -0.2) is 21.4 Å². The van der Waals surface area contributed by atoms with E-state index in [1.807, 2.05) is 25.0 Å². The molecular weight excluding hydrogens is 392 g/mol. The van der Waals surface area contributed by atoms with E-state index in [1.54, 1.807) is 0 Å². The molecule has 2 saturated carbocycles. The number of hydrogen-bond acceptors (Lipinski definition) is 2. The SMILES string of the molecule is C[C@H](CCCC(C)(C)O)[C@H]1CCC2C3=C(CC[C@@]21C)[C@@]1(C)CCC(C)(O)C(C)(C)[C@@H]1CC3. The number of aliphatic hydroxyl groups is 2. The summed E-state index contributed by atoms with van der Waals surface area (Å²) in [5.74, 6) is 2.97. The lowest BCUT2D eigenvalue weighted by Crippen LogP contribution is -2.58. The van der Waals surface area contributed by atoms with Gasteiger partial charge in [-0.1, -0.05) is 58.6 Å². The van der Waals surface area contributed by atoms with Gasteiger partial charge >= 0.3 is 0 Å². The average molecular weight is 445 g/mol. The molecule has 0 aromatic carbocycles. The van der Waals surface area contributed by atoms with Gasteiger partial charge in [0.15, 0.2) is 0 Å². The molecule has 4 aliphatic rings. The van der Waals surface area contributed by atoms with Crippen molar-refractivity contribution in [1.82, 2.24) is 0 Å². The van der Waals surface area contributed by atoms with Crippen LogP contribution in [0.25, 0.3) is 0 Å². The Hall–Kier alpha value is -0.340. The Kier molecular flexibility index (Phi) is 6.07.